The second-order valence-electron chi connectivity index (χ2n) is 7.48. The van der Waals surface area contributed by atoms with Crippen LogP contribution in [0.4, 0.5) is 9.59 Å². The van der Waals surface area contributed by atoms with Crippen molar-refractivity contribution in [3.05, 3.63) is 35.5 Å². The van der Waals surface area contributed by atoms with Crippen LogP contribution in [0.5, 0.6) is 0 Å². The molecule has 0 N–H and O–H groups in total. The molecule has 2 heterocycles. The number of carbonyl (C=O) groups is 2. The first-order valence-corrected chi connectivity index (χ1v) is 9.28. The van der Waals surface area contributed by atoms with Gasteiger partial charge in [0.05, 0.1) is 5.52 Å². The number of carbonyl (C=O) groups excluding carboxylic acids is 2. The summed E-state index contributed by atoms with van der Waals surface area (Å²) < 4.78 is 16.5. The highest BCUT2D eigenvalue weighted by Gasteiger charge is 2.27. The molecular formula is C20H27N3O5. The monoisotopic (exact) mass is 389 g/mol. The Morgan fingerprint density at radius 2 is 1.96 bits per heavy atom. The van der Waals surface area contributed by atoms with Crippen LogP contribution in [0.25, 0.3) is 10.9 Å². The average molecular weight is 389 g/mol. The Kier molecular flexibility index (Phi) is 6.21. The molecule has 152 valence electrons. The number of aryl methyl sites for hydroxylation is 1. The van der Waals surface area contributed by atoms with E-state index in [-0.39, 0.29) is 6.10 Å². The van der Waals surface area contributed by atoms with Crippen molar-refractivity contribution in [1.82, 2.24) is 14.4 Å². The van der Waals surface area contributed by atoms with Crippen molar-refractivity contribution in [2.45, 2.75) is 19.4 Å². The first kappa shape index (κ1) is 20.2. The van der Waals surface area contributed by atoms with E-state index in [2.05, 4.69) is 11.0 Å². The zero-order chi connectivity index (χ0) is 20.3. The van der Waals surface area contributed by atoms with Crippen LogP contribution in [0.3, 0.4) is 0 Å². The quantitative estimate of drug-likeness (QED) is 0.555. The van der Waals surface area contributed by atoms with Crippen LogP contribution in [-0.4, -0.2) is 80.3 Å². The Balaban J connectivity index is 1.61. The molecule has 1 aliphatic heterocycles. The van der Waals surface area contributed by atoms with Crippen LogP contribution in [0.1, 0.15) is 11.1 Å². The van der Waals surface area contributed by atoms with Gasteiger partial charge >= 0.3 is 12.2 Å². The van der Waals surface area contributed by atoms with E-state index in [0.29, 0.717) is 13.1 Å². The van der Waals surface area contributed by atoms with Crippen LogP contribution in [0.15, 0.2) is 24.4 Å². The fourth-order valence-corrected chi connectivity index (χ4v) is 3.19. The number of fused-ring (bicyclic) bond motifs is 1. The molecule has 3 rings (SSSR count). The van der Waals surface area contributed by atoms with Crippen molar-refractivity contribution in [3.63, 3.8) is 0 Å². The number of hydrogen-bond acceptors (Lipinski definition) is 7. The van der Waals surface area contributed by atoms with Crippen LogP contribution >= 0.6 is 0 Å². The molecule has 28 heavy (non-hydrogen) atoms. The third-order valence-electron chi connectivity index (χ3n) is 4.72. The maximum Gasteiger partial charge on any atom is 0.511 e. The number of hydrogen-bond donors (Lipinski definition) is 0. The van der Waals surface area contributed by atoms with E-state index in [1.807, 2.05) is 45.1 Å². The highest BCUT2D eigenvalue weighted by molar-refractivity contribution is 5.92. The van der Waals surface area contributed by atoms with Gasteiger partial charge in [-0.1, -0.05) is 11.6 Å². The molecular weight excluding hydrogens is 362 g/mol. The zero-order valence-corrected chi connectivity index (χ0v) is 16.8. The summed E-state index contributed by atoms with van der Waals surface area (Å²) in [7, 11) is 5.95. The fraction of sp³-hybridized carbons (Fsp3) is 0.500. The SMILES string of the molecule is Cc1ccc2c(c1)c(CCN(C)C)cn2C(=O)OCOC(=O)OC1CN(C)C1. The Bertz CT molecular complexity index is 855. The molecule has 0 saturated carbocycles. The van der Waals surface area contributed by atoms with Gasteiger partial charge in [0.1, 0.15) is 6.10 Å². The summed E-state index contributed by atoms with van der Waals surface area (Å²) in [6.07, 6.45) is 1.01. The van der Waals surface area contributed by atoms with Gasteiger partial charge in [-0.25, -0.2) is 9.59 Å². The van der Waals surface area contributed by atoms with Gasteiger partial charge in [-0.15, -0.1) is 0 Å². The summed E-state index contributed by atoms with van der Waals surface area (Å²) in [5.74, 6) is 0. The van der Waals surface area contributed by atoms with Gasteiger partial charge in [0, 0.05) is 31.2 Å². The fourth-order valence-electron chi connectivity index (χ4n) is 3.19. The highest BCUT2D eigenvalue weighted by atomic mass is 16.8. The number of likely N-dealkylation sites (N-methyl/N-ethyl adjacent to an activating group) is 2. The Morgan fingerprint density at radius 3 is 2.64 bits per heavy atom. The van der Waals surface area contributed by atoms with E-state index in [9.17, 15) is 9.59 Å². The van der Waals surface area contributed by atoms with Gasteiger partial charge in [0.25, 0.3) is 0 Å². The van der Waals surface area contributed by atoms with Crippen molar-refractivity contribution < 1.29 is 23.8 Å². The molecule has 1 fully saturated rings. The molecule has 2 aromatic rings. The largest absolute Gasteiger partial charge is 0.511 e. The van der Waals surface area contributed by atoms with Gasteiger partial charge < -0.3 is 19.1 Å². The third-order valence-corrected chi connectivity index (χ3v) is 4.72. The molecule has 0 bridgehead atoms. The number of aromatic nitrogens is 1. The minimum atomic E-state index is -0.828. The van der Waals surface area contributed by atoms with Gasteiger partial charge in [0.2, 0.25) is 6.79 Å². The van der Waals surface area contributed by atoms with Gasteiger partial charge in [-0.2, -0.15) is 0 Å². The van der Waals surface area contributed by atoms with E-state index in [4.69, 9.17) is 14.2 Å². The van der Waals surface area contributed by atoms with Crippen LogP contribution in [0, 0.1) is 6.92 Å². The van der Waals surface area contributed by atoms with Crippen LogP contribution in [-0.2, 0) is 20.6 Å². The topological polar surface area (TPSA) is 73.2 Å². The summed E-state index contributed by atoms with van der Waals surface area (Å²) in [4.78, 5) is 28.2. The molecule has 1 aromatic carbocycles. The molecule has 8 heteroatoms. The molecule has 0 aliphatic carbocycles. The lowest BCUT2D eigenvalue weighted by Gasteiger charge is -2.34. The second-order valence-corrected chi connectivity index (χ2v) is 7.48. The van der Waals surface area contributed by atoms with E-state index in [1.165, 1.54) is 4.57 Å². The summed E-state index contributed by atoms with van der Waals surface area (Å²) in [6.45, 7) is 3.76. The van der Waals surface area contributed by atoms with Gasteiger partial charge in [-0.3, -0.25) is 9.47 Å². The lowest BCUT2D eigenvalue weighted by atomic mass is 10.1. The summed E-state index contributed by atoms with van der Waals surface area (Å²) in [5.41, 5.74) is 2.96. The standard InChI is InChI=1S/C20H27N3O5/c1-14-5-6-18-17(9-14)15(7-8-21(2)3)10-23(18)19(24)26-13-27-20(25)28-16-11-22(4)12-16/h5-6,9-10,16H,7-8,11-13H2,1-4H3. The van der Waals surface area contributed by atoms with Crippen molar-refractivity contribution in [3.8, 4) is 0 Å². The van der Waals surface area contributed by atoms with E-state index in [1.54, 1.807) is 6.20 Å². The first-order chi connectivity index (χ1) is 13.3. The van der Waals surface area contributed by atoms with E-state index >= 15 is 0 Å². The normalized spacial score (nSPS) is 14.9. The lowest BCUT2D eigenvalue weighted by Crippen LogP contribution is -2.50. The number of rotatable bonds is 6. The molecule has 1 saturated heterocycles. The zero-order valence-electron chi connectivity index (χ0n) is 16.8. The third kappa shape index (κ3) is 4.82. The average Bonchev–Trinajstić information content (AvgIpc) is 2.96. The molecule has 1 aromatic heterocycles. The number of benzene rings is 1. The Labute approximate surface area is 164 Å². The predicted octanol–water partition coefficient (Wildman–Crippen LogP) is 2.46. The van der Waals surface area contributed by atoms with Crippen molar-refractivity contribution >= 4 is 23.2 Å². The highest BCUT2D eigenvalue weighted by Crippen LogP contribution is 2.24. The van der Waals surface area contributed by atoms with Crippen molar-refractivity contribution in [2.24, 2.45) is 0 Å². The maximum absolute atomic E-state index is 12.5. The van der Waals surface area contributed by atoms with Crippen molar-refractivity contribution in [1.29, 1.82) is 0 Å². The molecule has 8 nitrogen and oxygen atoms in total. The minimum Gasteiger partial charge on any atom is -0.428 e. The van der Waals surface area contributed by atoms with E-state index in [0.717, 1.165) is 35.0 Å². The molecule has 0 spiro atoms. The van der Waals surface area contributed by atoms with Crippen LogP contribution in [0.2, 0.25) is 0 Å². The number of ether oxygens (including phenoxy) is 3. The smallest absolute Gasteiger partial charge is 0.428 e. The molecule has 0 amide bonds. The summed E-state index contributed by atoms with van der Waals surface area (Å²) >= 11 is 0. The van der Waals surface area contributed by atoms with Crippen molar-refractivity contribution in [2.75, 3.05) is 47.6 Å². The number of likely N-dealkylation sites (tertiary alicyclic amines) is 1. The maximum atomic E-state index is 12.5. The summed E-state index contributed by atoms with van der Waals surface area (Å²) in [5, 5.41) is 1.02. The summed E-state index contributed by atoms with van der Waals surface area (Å²) in [6, 6.07) is 5.91. The number of nitrogens with zero attached hydrogens (tertiary/aromatic N) is 3. The van der Waals surface area contributed by atoms with Gasteiger partial charge in [0.15, 0.2) is 0 Å². The minimum absolute atomic E-state index is 0.163. The second kappa shape index (κ2) is 8.62. The molecule has 1 aliphatic rings. The molecule has 0 unspecified atom stereocenters. The lowest BCUT2D eigenvalue weighted by molar-refractivity contribution is -0.0610. The van der Waals surface area contributed by atoms with Gasteiger partial charge in [-0.05, 0) is 52.2 Å². The first-order valence-electron chi connectivity index (χ1n) is 9.28. The predicted molar refractivity (Wildman–Crippen MR) is 105 cm³/mol. The Morgan fingerprint density at radius 1 is 1.21 bits per heavy atom. The molecule has 0 radical (unpaired) electrons. The Hall–Kier alpha value is -2.58. The molecule has 0 atom stereocenters. The van der Waals surface area contributed by atoms with Crippen LogP contribution < -0.4 is 0 Å². The van der Waals surface area contributed by atoms with E-state index < -0.39 is 19.0 Å².